The third-order valence-electron chi connectivity index (χ3n) is 2.44. The number of thiophene rings is 1. The lowest BCUT2D eigenvalue weighted by atomic mass is 10.3. The zero-order valence-corrected chi connectivity index (χ0v) is 11.6. The molecule has 4 heteroatoms. The molecule has 0 bridgehead atoms. The quantitative estimate of drug-likeness (QED) is 0.776. The van der Waals surface area contributed by atoms with Gasteiger partial charge in [0.2, 0.25) is 0 Å². The molecule has 0 atom stereocenters. The Morgan fingerprint density at radius 3 is 2.67 bits per heavy atom. The normalized spacial score (nSPS) is 10.5. The first kappa shape index (κ1) is 13.4. The number of nitrogens with one attached hydrogen (secondary N) is 1. The van der Waals surface area contributed by atoms with Crippen molar-refractivity contribution in [1.82, 2.24) is 5.32 Å². The molecule has 0 spiro atoms. The summed E-state index contributed by atoms with van der Waals surface area (Å²) in [6, 6.07) is 13.9. The van der Waals surface area contributed by atoms with E-state index in [-0.39, 0.29) is 0 Å². The van der Waals surface area contributed by atoms with Gasteiger partial charge >= 0.3 is 0 Å². The van der Waals surface area contributed by atoms with Crippen LogP contribution in [0.4, 0.5) is 0 Å². The number of hydrogen-bond donors (Lipinski definition) is 1. The largest absolute Gasteiger partial charge is 0.494 e. The molecule has 0 unspecified atom stereocenters. The molecule has 0 saturated carbocycles. The fourth-order valence-electron chi connectivity index (χ4n) is 1.56. The third kappa shape index (κ3) is 4.69. The summed E-state index contributed by atoms with van der Waals surface area (Å²) in [4.78, 5) is 1.27. The van der Waals surface area contributed by atoms with Gasteiger partial charge in [-0.1, -0.05) is 29.8 Å². The van der Waals surface area contributed by atoms with Crippen molar-refractivity contribution in [2.24, 2.45) is 0 Å². The maximum Gasteiger partial charge on any atom is 0.119 e. The fraction of sp³-hybridized carbons (Fsp3) is 0.286. The molecule has 1 heterocycles. The van der Waals surface area contributed by atoms with Crippen LogP contribution >= 0.6 is 22.9 Å². The van der Waals surface area contributed by atoms with E-state index in [0.29, 0.717) is 0 Å². The van der Waals surface area contributed by atoms with Crippen LogP contribution in [0.5, 0.6) is 5.75 Å². The second-order valence-electron chi connectivity index (χ2n) is 3.90. The Morgan fingerprint density at radius 2 is 1.94 bits per heavy atom. The maximum atomic E-state index is 5.86. The molecule has 0 saturated heterocycles. The van der Waals surface area contributed by atoms with Gasteiger partial charge < -0.3 is 10.1 Å². The fourth-order valence-corrected chi connectivity index (χ4v) is 2.62. The molecule has 0 radical (unpaired) electrons. The lowest BCUT2D eigenvalue weighted by molar-refractivity contribution is 0.308. The summed E-state index contributed by atoms with van der Waals surface area (Å²) in [5.41, 5.74) is 0. The van der Waals surface area contributed by atoms with Crippen molar-refractivity contribution >= 4 is 22.9 Å². The van der Waals surface area contributed by atoms with E-state index in [9.17, 15) is 0 Å². The van der Waals surface area contributed by atoms with Crippen LogP contribution in [-0.4, -0.2) is 13.2 Å². The molecule has 1 aromatic carbocycles. The minimum atomic E-state index is 0.738. The second kappa shape index (κ2) is 7.41. The van der Waals surface area contributed by atoms with Crippen LogP contribution in [0.15, 0.2) is 42.5 Å². The molecule has 2 rings (SSSR count). The number of para-hydroxylation sites is 1. The lowest BCUT2D eigenvalue weighted by Gasteiger charge is -2.06. The summed E-state index contributed by atoms with van der Waals surface area (Å²) in [5, 5.41) is 3.37. The van der Waals surface area contributed by atoms with Crippen LogP contribution < -0.4 is 10.1 Å². The highest BCUT2D eigenvalue weighted by Crippen LogP contribution is 2.20. The third-order valence-corrected chi connectivity index (χ3v) is 3.67. The predicted octanol–water partition coefficient (Wildman–Crippen LogP) is 3.96. The monoisotopic (exact) mass is 281 g/mol. The van der Waals surface area contributed by atoms with Gasteiger partial charge in [0.25, 0.3) is 0 Å². The van der Waals surface area contributed by atoms with E-state index in [4.69, 9.17) is 16.3 Å². The average Bonchev–Trinajstić information content (AvgIpc) is 2.81. The zero-order chi connectivity index (χ0) is 12.6. The molecule has 1 N–H and O–H groups in total. The van der Waals surface area contributed by atoms with Crippen molar-refractivity contribution in [3.05, 3.63) is 51.7 Å². The van der Waals surface area contributed by atoms with Crippen molar-refractivity contribution in [1.29, 1.82) is 0 Å². The molecule has 96 valence electrons. The molecule has 0 aliphatic carbocycles. The molecule has 0 aliphatic heterocycles. The van der Waals surface area contributed by atoms with Crippen LogP contribution in [-0.2, 0) is 6.54 Å². The van der Waals surface area contributed by atoms with Gasteiger partial charge in [-0.25, -0.2) is 0 Å². The summed E-state index contributed by atoms with van der Waals surface area (Å²) in [7, 11) is 0. The summed E-state index contributed by atoms with van der Waals surface area (Å²) in [5.74, 6) is 0.933. The van der Waals surface area contributed by atoms with E-state index in [1.807, 2.05) is 36.4 Å². The minimum Gasteiger partial charge on any atom is -0.494 e. The Balaban J connectivity index is 1.54. The number of halogens is 1. The molecule has 0 aliphatic rings. The topological polar surface area (TPSA) is 21.3 Å². The van der Waals surface area contributed by atoms with Crippen LogP contribution in [0.2, 0.25) is 4.34 Å². The zero-order valence-electron chi connectivity index (χ0n) is 10.1. The molecule has 1 aromatic heterocycles. The smallest absolute Gasteiger partial charge is 0.119 e. The van der Waals surface area contributed by atoms with Crippen molar-refractivity contribution in [3.8, 4) is 5.75 Å². The number of hydrogen-bond acceptors (Lipinski definition) is 3. The van der Waals surface area contributed by atoms with Gasteiger partial charge in [-0.15, -0.1) is 11.3 Å². The van der Waals surface area contributed by atoms with E-state index in [2.05, 4.69) is 11.4 Å². The van der Waals surface area contributed by atoms with Gasteiger partial charge in [0, 0.05) is 11.4 Å². The van der Waals surface area contributed by atoms with Gasteiger partial charge in [-0.2, -0.15) is 0 Å². The van der Waals surface area contributed by atoms with Gasteiger partial charge in [-0.05, 0) is 37.2 Å². The molecule has 0 fully saturated rings. The maximum absolute atomic E-state index is 5.86. The molecule has 18 heavy (non-hydrogen) atoms. The predicted molar refractivity (Wildman–Crippen MR) is 77.6 cm³/mol. The SMILES string of the molecule is Clc1ccc(CNCCCOc2ccccc2)s1. The first-order valence-electron chi connectivity index (χ1n) is 5.97. The molecular formula is C14H16ClNOS. The first-order valence-corrected chi connectivity index (χ1v) is 7.17. The Bertz CT molecular complexity index is 458. The summed E-state index contributed by atoms with van der Waals surface area (Å²) in [6.45, 7) is 2.56. The molecule has 2 aromatic rings. The van der Waals surface area contributed by atoms with Crippen LogP contribution in [0.3, 0.4) is 0 Å². The minimum absolute atomic E-state index is 0.738. The van der Waals surface area contributed by atoms with E-state index >= 15 is 0 Å². The van der Waals surface area contributed by atoms with E-state index < -0.39 is 0 Å². The van der Waals surface area contributed by atoms with E-state index in [1.165, 1.54) is 4.88 Å². The molecule has 2 nitrogen and oxygen atoms in total. The van der Waals surface area contributed by atoms with Crippen LogP contribution in [0.25, 0.3) is 0 Å². The number of ether oxygens (including phenoxy) is 1. The van der Waals surface area contributed by atoms with Gasteiger partial charge in [-0.3, -0.25) is 0 Å². The van der Waals surface area contributed by atoms with Gasteiger partial charge in [0.15, 0.2) is 0 Å². The highest BCUT2D eigenvalue weighted by molar-refractivity contribution is 7.16. The summed E-state index contributed by atoms with van der Waals surface area (Å²) >= 11 is 7.48. The lowest BCUT2D eigenvalue weighted by Crippen LogP contribution is -2.16. The van der Waals surface area contributed by atoms with Crippen molar-refractivity contribution in [2.75, 3.05) is 13.2 Å². The standard InChI is InChI=1S/C14H16ClNOS/c15-14-8-7-13(18-14)11-16-9-4-10-17-12-5-2-1-3-6-12/h1-3,5-8,16H,4,9-11H2. The summed E-state index contributed by atoms with van der Waals surface area (Å²) in [6.07, 6.45) is 0.994. The van der Waals surface area contributed by atoms with Crippen LogP contribution in [0.1, 0.15) is 11.3 Å². The molecule has 0 amide bonds. The van der Waals surface area contributed by atoms with Crippen molar-refractivity contribution in [2.45, 2.75) is 13.0 Å². The Morgan fingerprint density at radius 1 is 1.11 bits per heavy atom. The van der Waals surface area contributed by atoms with Crippen molar-refractivity contribution < 1.29 is 4.74 Å². The Labute approximate surface area is 117 Å². The van der Waals surface area contributed by atoms with Gasteiger partial charge in [0.1, 0.15) is 5.75 Å². The highest BCUT2D eigenvalue weighted by Gasteiger charge is 1.97. The number of rotatable bonds is 7. The average molecular weight is 282 g/mol. The van der Waals surface area contributed by atoms with Crippen molar-refractivity contribution in [3.63, 3.8) is 0 Å². The molecular weight excluding hydrogens is 266 g/mol. The Hall–Kier alpha value is -1.03. The highest BCUT2D eigenvalue weighted by atomic mass is 35.5. The van der Waals surface area contributed by atoms with E-state index in [1.54, 1.807) is 11.3 Å². The second-order valence-corrected chi connectivity index (χ2v) is 5.70. The number of benzene rings is 1. The van der Waals surface area contributed by atoms with Crippen LogP contribution in [0, 0.1) is 0 Å². The summed E-state index contributed by atoms with van der Waals surface area (Å²) < 4.78 is 6.45. The van der Waals surface area contributed by atoms with E-state index in [0.717, 1.165) is 36.2 Å². The first-order chi connectivity index (χ1) is 8.84. The Kier molecular flexibility index (Phi) is 5.52. The van der Waals surface area contributed by atoms with Gasteiger partial charge in [0.05, 0.1) is 10.9 Å².